The second-order valence-corrected chi connectivity index (χ2v) is 7.16. The highest BCUT2D eigenvalue weighted by Crippen LogP contribution is 2.30. The quantitative estimate of drug-likeness (QED) is 0.380. The van der Waals surface area contributed by atoms with E-state index in [2.05, 4.69) is 5.10 Å². The van der Waals surface area contributed by atoms with E-state index in [-0.39, 0.29) is 0 Å². The summed E-state index contributed by atoms with van der Waals surface area (Å²) in [5.74, 6) is -1.62. The maximum absolute atomic E-state index is 13.1. The molecule has 0 saturated carbocycles. The number of carbonyl (C=O) groups is 3. The maximum Gasteiger partial charge on any atom is 0.337 e. The lowest BCUT2D eigenvalue weighted by Crippen LogP contribution is -2.35. The molecule has 4 rings (SSSR count). The van der Waals surface area contributed by atoms with E-state index in [0.29, 0.717) is 41.2 Å². The molecule has 0 bridgehead atoms. The molecule has 2 aromatic carbocycles. The van der Waals surface area contributed by atoms with Crippen LogP contribution in [-0.2, 0) is 16.0 Å². The number of hydrogen-bond acceptors (Lipinski definition) is 5. The van der Waals surface area contributed by atoms with Gasteiger partial charge in [-0.15, -0.1) is 0 Å². The first-order valence-corrected chi connectivity index (χ1v) is 9.61. The maximum atomic E-state index is 13.1. The van der Waals surface area contributed by atoms with Crippen LogP contribution in [0, 0.1) is 13.8 Å². The molecule has 7 heteroatoms. The van der Waals surface area contributed by atoms with Gasteiger partial charge in [0.25, 0.3) is 11.7 Å². The number of anilines is 1. The molecule has 0 atom stereocenters. The summed E-state index contributed by atoms with van der Waals surface area (Å²) in [6.45, 7) is 3.90. The van der Waals surface area contributed by atoms with Crippen LogP contribution >= 0.6 is 0 Å². The number of ketones is 1. The van der Waals surface area contributed by atoms with Crippen molar-refractivity contribution in [2.24, 2.45) is 0 Å². The van der Waals surface area contributed by atoms with E-state index in [0.717, 1.165) is 11.3 Å². The van der Waals surface area contributed by atoms with Gasteiger partial charge < -0.3 is 9.64 Å². The lowest BCUT2D eigenvalue weighted by molar-refractivity contribution is -0.114. The van der Waals surface area contributed by atoms with Crippen LogP contribution in [0.15, 0.2) is 48.5 Å². The normalized spacial score (nSPS) is 12.6. The van der Waals surface area contributed by atoms with Crippen molar-refractivity contribution in [1.82, 2.24) is 9.78 Å². The Morgan fingerprint density at radius 3 is 2.47 bits per heavy atom. The number of methoxy groups -OCH3 is 1. The van der Waals surface area contributed by atoms with Crippen LogP contribution in [0.25, 0.3) is 5.69 Å². The van der Waals surface area contributed by atoms with Gasteiger partial charge in [0.05, 0.1) is 35.3 Å². The van der Waals surface area contributed by atoms with Crippen molar-refractivity contribution in [2.75, 3.05) is 18.6 Å². The third-order valence-electron chi connectivity index (χ3n) is 5.35. The van der Waals surface area contributed by atoms with Crippen LogP contribution in [0.1, 0.15) is 37.7 Å². The Morgan fingerprint density at radius 2 is 1.77 bits per heavy atom. The SMILES string of the molecule is COC(=O)c1ccc2c(c1)CCN2C(=O)C(=O)c1c(C)nn(-c2ccccc2)c1C. The Labute approximate surface area is 173 Å². The second kappa shape index (κ2) is 7.59. The monoisotopic (exact) mass is 403 g/mol. The molecule has 1 aromatic heterocycles. The smallest absolute Gasteiger partial charge is 0.337 e. The zero-order chi connectivity index (χ0) is 21.4. The van der Waals surface area contributed by atoms with Crippen molar-refractivity contribution in [3.05, 3.63) is 76.6 Å². The summed E-state index contributed by atoms with van der Waals surface area (Å²) in [4.78, 5) is 39.4. The van der Waals surface area contributed by atoms with Gasteiger partial charge in [-0.1, -0.05) is 18.2 Å². The van der Waals surface area contributed by atoms with Crippen LogP contribution in [0.5, 0.6) is 0 Å². The Hall–Kier alpha value is -3.74. The highest BCUT2D eigenvalue weighted by molar-refractivity contribution is 6.47. The first-order valence-electron chi connectivity index (χ1n) is 9.61. The number of hydrogen-bond donors (Lipinski definition) is 0. The first-order chi connectivity index (χ1) is 14.4. The molecule has 1 aliphatic heterocycles. The van der Waals surface area contributed by atoms with Gasteiger partial charge in [0, 0.05) is 12.2 Å². The molecule has 0 N–H and O–H groups in total. The lowest BCUT2D eigenvalue weighted by Gasteiger charge is -2.16. The molecule has 0 spiro atoms. The second-order valence-electron chi connectivity index (χ2n) is 7.16. The van der Waals surface area contributed by atoms with E-state index in [1.807, 2.05) is 30.3 Å². The topological polar surface area (TPSA) is 81.5 Å². The summed E-state index contributed by atoms with van der Waals surface area (Å²) in [6, 6.07) is 14.5. The summed E-state index contributed by atoms with van der Waals surface area (Å²) >= 11 is 0. The Kier molecular flexibility index (Phi) is 4.95. The van der Waals surface area contributed by atoms with Crippen LogP contribution in [-0.4, -0.2) is 41.1 Å². The van der Waals surface area contributed by atoms with E-state index in [4.69, 9.17) is 4.74 Å². The third-order valence-corrected chi connectivity index (χ3v) is 5.35. The summed E-state index contributed by atoms with van der Waals surface area (Å²) in [5.41, 5.74) is 4.19. The predicted octanol–water partition coefficient (Wildman–Crippen LogP) is 3.05. The fourth-order valence-corrected chi connectivity index (χ4v) is 3.88. The van der Waals surface area contributed by atoms with E-state index in [1.165, 1.54) is 12.0 Å². The van der Waals surface area contributed by atoms with E-state index in [1.54, 1.807) is 36.7 Å². The van der Waals surface area contributed by atoms with Crippen molar-refractivity contribution in [3.8, 4) is 5.69 Å². The van der Waals surface area contributed by atoms with Crippen molar-refractivity contribution >= 4 is 23.3 Å². The van der Waals surface area contributed by atoms with Crippen LogP contribution in [0.2, 0.25) is 0 Å². The molecule has 30 heavy (non-hydrogen) atoms. The Bertz CT molecular complexity index is 1160. The molecule has 7 nitrogen and oxygen atoms in total. The molecule has 0 fully saturated rings. The standard InChI is InChI=1S/C23H21N3O4/c1-14-20(15(2)26(24-14)18-7-5-4-6-8-18)21(27)22(28)25-12-11-16-13-17(23(29)30-3)9-10-19(16)25/h4-10,13H,11-12H2,1-3H3. The van der Waals surface area contributed by atoms with Crippen LogP contribution < -0.4 is 4.90 Å². The van der Waals surface area contributed by atoms with Gasteiger partial charge >= 0.3 is 5.97 Å². The zero-order valence-electron chi connectivity index (χ0n) is 17.0. The number of amides is 1. The summed E-state index contributed by atoms with van der Waals surface area (Å²) in [7, 11) is 1.32. The number of esters is 1. The number of ether oxygens (including phenoxy) is 1. The van der Waals surface area contributed by atoms with Gasteiger partial charge in [0.1, 0.15) is 0 Å². The first kappa shape index (κ1) is 19.6. The average Bonchev–Trinajstić information content (AvgIpc) is 3.32. The highest BCUT2D eigenvalue weighted by Gasteiger charge is 2.33. The fourth-order valence-electron chi connectivity index (χ4n) is 3.88. The minimum Gasteiger partial charge on any atom is -0.465 e. The van der Waals surface area contributed by atoms with Gasteiger partial charge in [-0.3, -0.25) is 9.59 Å². The van der Waals surface area contributed by atoms with Crippen molar-refractivity contribution in [2.45, 2.75) is 20.3 Å². The minimum atomic E-state index is -0.599. The fraction of sp³-hybridized carbons (Fsp3) is 0.217. The van der Waals surface area contributed by atoms with Crippen molar-refractivity contribution in [3.63, 3.8) is 0 Å². The number of para-hydroxylation sites is 1. The van der Waals surface area contributed by atoms with Crippen molar-refractivity contribution in [1.29, 1.82) is 0 Å². The number of nitrogens with zero attached hydrogens (tertiary/aromatic N) is 3. The van der Waals surface area contributed by atoms with Crippen molar-refractivity contribution < 1.29 is 19.1 Å². The Morgan fingerprint density at radius 1 is 1.03 bits per heavy atom. The number of fused-ring (bicyclic) bond motifs is 1. The van der Waals surface area contributed by atoms with Gasteiger partial charge in [0.2, 0.25) is 0 Å². The molecular weight excluding hydrogens is 382 g/mol. The van der Waals surface area contributed by atoms with Gasteiger partial charge in [-0.05, 0) is 56.2 Å². The minimum absolute atomic E-state index is 0.323. The van der Waals surface area contributed by atoms with Gasteiger partial charge in [-0.2, -0.15) is 5.10 Å². The van der Waals surface area contributed by atoms with E-state index < -0.39 is 17.7 Å². The summed E-state index contributed by atoms with van der Waals surface area (Å²) in [6.07, 6.45) is 0.570. The number of aromatic nitrogens is 2. The molecule has 0 radical (unpaired) electrons. The summed E-state index contributed by atoms with van der Waals surface area (Å²) in [5, 5.41) is 4.47. The van der Waals surface area contributed by atoms with Crippen LogP contribution in [0.3, 0.4) is 0 Å². The molecular formula is C23H21N3O4. The number of rotatable bonds is 4. The molecule has 152 valence electrons. The molecule has 3 aromatic rings. The average molecular weight is 403 g/mol. The van der Waals surface area contributed by atoms with E-state index in [9.17, 15) is 14.4 Å². The number of aryl methyl sites for hydroxylation is 1. The van der Waals surface area contributed by atoms with Gasteiger partial charge in [-0.25, -0.2) is 9.48 Å². The predicted molar refractivity (Wildman–Crippen MR) is 111 cm³/mol. The summed E-state index contributed by atoms with van der Waals surface area (Å²) < 4.78 is 6.43. The lowest BCUT2D eigenvalue weighted by atomic mass is 10.1. The number of benzene rings is 2. The molecule has 1 aliphatic rings. The molecule has 0 aliphatic carbocycles. The molecule has 0 unspecified atom stereocenters. The van der Waals surface area contributed by atoms with Crippen LogP contribution in [0.4, 0.5) is 5.69 Å². The largest absolute Gasteiger partial charge is 0.465 e. The number of Topliss-reactive ketones (excluding diaryl/α,β-unsaturated/α-hetero) is 1. The number of carbonyl (C=O) groups excluding carboxylic acids is 3. The molecule has 2 heterocycles. The molecule has 1 amide bonds. The van der Waals surface area contributed by atoms with E-state index >= 15 is 0 Å². The molecule has 0 saturated heterocycles. The Balaban J connectivity index is 1.64. The highest BCUT2D eigenvalue weighted by atomic mass is 16.5. The third kappa shape index (κ3) is 3.18. The zero-order valence-corrected chi connectivity index (χ0v) is 17.0. The van der Waals surface area contributed by atoms with Gasteiger partial charge in [0.15, 0.2) is 0 Å².